The lowest BCUT2D eigenvalue weighted by molar-refractivity contribution is -0.0435. The molecule has 1 aliphatic rings. The minimum Gasteiger partial charge on any atom is -0.383 e. The molecule has 1 aromatic rings. The van der Waals surface area contributed by atoms with Crippen molar-refractivity contribution in [3.8, 4) is 0 Å². The molecular weight excluding hydrogens is 311 g/mol. The van der Waals surface area contributed by atoms with Crippen molar-refractivity contribution in [1.29, 1.82) is 0 Å². The van der Waals surface area contributed by atoms with E-state index in [2.05, 4.69) is 5.32 Å². The smallest absolute Gasteiger partial charge is 0.383 e. The van der Waals surface area contributed by atoms with Crippen molar-refractivity contribution < 1.29 is 21.6 Å². The molecule has 0 heterocycles. The molecule has 0 amide bonds. The van der Waals surface area contributed by atoms with Gasteiger partial charge in [0, 0.05) is 11.3 Å². The molecule has 112 valence electrons. The Bertz CT molecular complexity index is 595. The molecule has 1 aromatic carbocycles. The molecule has 20 heavy (non-hydrogen) atoms. The van der Waals surface area contributed by atoms with Crippen LogP contribution in [0, 0.1) is 0 Å². The van der Waals surface area contributed by atoms with E-state index in [0.717, 1.165) is 18.9 Å². The number of hydrogen-bond donors (Lipinski definition) is 1. The number of anilines is 1. The number of thioether (sulfide) groups is 1. The number of sulfone groups is 1. The van der Waals surface area contributed by atoms with Crippen LogP contribution in [0.25, 0.3) is 0 Å². The molecule has 0 spiro atoms. The second-order valence-electron chi connectivity index (χ2n) is 4.69. The summed E-state index contributed by atoms with van der Waals surface area (Å²) in [6, 6.07) is 5.13. The number of hydrogen-bond acceptors (Lipinski definition) is 4. The van der Waals surface area contributed by atoms with Gasteiger partial charge in [0.1, 0.15) is 0 Å². The molecule has 3 nitrogen and oxygen atoms in total. The highest BCUT2D eigenvalue weighted by Gasteiger charge is 2.48. The average Bonchev–Trinajstić information content (AvgIpc) is 3.16. The summed E-state index contributed by atoms with van der Waals surface area (Å²) < 4.78 is 60.9. The topological polar surface area (TPSA) is 46.2 Å². The molecule has 8 heteroatoms. The highest BCUT2D eigenvalue weighted by molar-refractivity contribution is 8.00. The van der Waals surface area contributed by atoms with Crippen LogP contribution in [0.2, 0.25) is 0 Å². The van der Waals surface area contributed by atoms with E-state index in [0.29, 0.717) is 6.54 Å². The maximum absolute atomic E-state index is 12.6. The maximum Gasteiger partial charge on any atom is 0.501 e. The van der Waals surface area contributed by atoms with Gasteiger partial charge in [-0.1, -0.05) is 12.1 Å². The summed E-state index contributed by atoms with van der Waals surface area (Å²) in [6.45, 7) is 0.457. The van der Waals surface area contributed by atoms with Crippen molar-refractivity contribution in [3.05, 3.63) is 24.3 Å². The molecule has 1 N–H and O–H groups in total. The third-order valence-corrected chi connectivity index (χ3v) is 6.29. The van der Waals surface area contributed by atoms with Crippen LogP contribution in [0.5, 0.6) is 0 Å². The van der Waals surface area contributed by atoms with E-state index in [4.69, 9.17) is 0 Å². The van der Waals surface area contributed by atoms with Crippen molar-refractivity contribution in [3.63, 3.8) is 0 Å². The molecule has 0 atom stereocenters. The number of halogens is 3. The van der Waals surface area contributed by atoms with Crippen LogP contribution in [-0.2, 0) is 9.84 Å². The molecular formula is C12H14F3NO2S2. The van der Waals surface area contributed by atoms with Crippen molar-refractivity contribution in [2.75, 3.05) is 18.1 Å². The van der Waals surface area contributed by atoms with Crippen LogP contribution >= 0.6 is 11.8 Å². The minimum absolute atomic E-state index is 0.00477. The van der Waals surface area contributed by atoms with E-state index in [1.165, 1.54) is 18.2 Å². The molecule has 0 unspecified atom stereocenters. The quantitative estimate of drug-likeness (QED) is 0.902. The summed E-state index contributed by atoms with van der Waals surface area (Å²) in [4.78, 5) is -0.718. The first-order valence-corrected chi connectivity index (χ1v) is 8.62. The Hall–Kier alpha value is -0.890. The van der Waals surface area contributed by atoms with Gasteiger partial charge in [-0.2, -0.15) is 24.9 Å². The summed E-state index contributed by atoms with van der Waals surface area (Å²) in [7, 11) is -5.33. The number of para-hydroxylation sites is 1. The van der Waals surface area contributed by atoms with Crippen molar-refractivity contribution >= 4 is 27.3 Å². The Labute approximate surface area is 119 Å². The van der Waals surface area contributed by atoms with E-state index >= 15 is 0 Å². The van der Waals surface area contributed by atoms with Gasteiger partial charge in [0.2, 0.25) is 0 Å². The number of rotatable bonds is 5. The summed E-state index contributed by atoms with van der Waals surface area (Å²) in [6.07, 6.45) is 3.90. The fraction of sp³-hybridized carbons (Fsp3) is 0.500. The fourth-order valence-electron chi connectivity index (χ4n) is 1.82. The predicted octanol–water partition coefficient (Wildman–Crippen LogP) is 3.29. The second-order valence-corrected chi connectivity index (χ2v) is 7.87. The first-order valence-electron chi connectivity index (χ1n) is 5.91. The van der Waals surface area contributed by atoms with Crippen LogP contribution < -0.4 is 5.32 Å². The van der Waals surface area contributed by atoms with Crippen LogP contribution in [-0.4, -0.2) is 31.5 Å². The zero-order valence-corrected chi connectivity index (χ0v) is 12.3. The molecule has 2 rings (SSSR count). The molecule has 0 bridgehead atoms. The standard InChI is InChI=1S/C12H14F3NO2S2/c1-19-11(6-7-11)8-16-9-4-2-3-5-10(9)20(17,18)12(13,14)15/h2-5,16H,6-8H2,1H3. The Morgan fingerprint density at radius 3 is 2.40 bits per heavy atom. The Balaban J connectivity index is 2.27. The van der Waals surface area contributed by atoms with Crippen molar-refractivity contribution in [2.24, 2.45) is 0 Å². The third kappa shape index (κ3) is 2.90. The lowest BCUT2D eigenvalue weighted by Crippen LogP contribution is -2.25. The lowest BCUT2D eigenvalue weighted by Gasteiger charge is -2.17. The van der Waals surface area contributed by atoms with Gasteiger partial charge in [0.05, 0.1) is 10.6 Å². The van der Waals surface area contributed by atoms with E-state index in [-0.39, 0.29) is 10.4 Å². The summed E-state index contributed by atoms with van der Waals surface area (Å²) in [5.74, 6) is 0. The zero-order chi connectivity index (χ0) is 15.0. The summed E-state index contributed by atoms with van der Waals surface area (Å²) >= 11 is 1.64. The van der Waals surface area contributed by atoms with Crippen molar-refractivity contribution in [2.45, 2.75) is 28.0 Å². The normalized spacial score (nSPS) is 17.8. The Kier molecular flexibility index (Phi) is 3.98. The minimum atomic E-state index is -5.33. The molecule has 1 saturated carbocycles. The Morgan fingerprint density at radius 1 is 1.30 bits per heavy atom. The van der Waals surface area contributed by atoms with Gasteiger partial charge in [-0.3, -0.25) is 0 Å². The van der Waals surface area contributed by atoms with Gasteiger partial charge in [0.25, 0.3) is 9.84 Å². The van der Waals surface area contributed by atoms with Gasteiger partial charge in [-0.15, -0.1) is 0 Å². The molecule has 0 saturated heterocycles. The SMILES string of the molecule is CSC1(CNc2ccccc2S(=O)(=O)C(F)(F)F)CC1. The number of nitrogens with one attached hydrogen (secondary N) is 1. The maximum atomic E-state index is 12.6. The highest BCUT2D eigenvalue weighted by atomic mass is 32.2. The first-order chi connectivity index (χ1) is 9.22. The van der Waals surface area contributed by atoms with Gasteiger partial charge in [0.15, 0.2) is 0 Å². The van der Waals surface area contributed by atoms with Gasteiger partial charge in [-0.25, -0.2) is 8.42 Å². The Morgan fingerprint density at radius 2 is 1.90 bits per heavy atom. The highest BCUT2D eigenvalue weighted by Crippen LogP contribution is 2.47. The summed E-state index contributed by atoms with van der Waals surface area (Å²) in [5, 5.41) is 2.85. The van der Waals surface area contributed by atoms with Crippen LogP contribution in [0.4, 0.5) is 18.9 Å². The monoisotopic (exact) mass is 325 g/mol. The zero-order valence-electron chi connectivity index (χ0n) is 10.7. The van der Waals surface area contributed by atoms with Crippen LogP contribution in [0.3, 0.4) is 0 Å². The lowest BCUT2D eigenvalue weighted by atomic mass is 10.3. The number of benzene rings is 1. The van der Waals surface area contributed by atoms with E-state index in [1.54, 1.807) is 11.8 Å². The van der Waals surface area contributed by atoms with E-state index in [9.17, 15) is 21.6 Å². The van der Waals surface area contributed by atoms with Gasteiger partial charge >= 0.3 is 5.51 Å². The number of alkyl halides is 3. The fourth-order valence-corrected chi connectivity index (χ4v) is 3.48. The van der Waals surface area contributed by atoms with Gasteiger partial charge < -0.3 is 5.32 Å². The second kappa shape index (κ2) is 5.14. The van der Waals surface area contributed by atoms with E-state index < -0.39 is 20.2 Å². The molecule has 1 fully saturated rings. The van der Waals surface area contributed by atoms with Crippen LogP contribution in [0.1, 0.15) is 12.8 Å². The van der Waals surface area contributed by atoms with Crippen LogP contribution in [0.15, 0.2) is 29.2 Å². The van der Waals surface area contributed by atoms with Gasteiger partial charge in [-0.05, 0) is 31.2 Å². The first kappa shape index (κ1) is 15.5. The largest absolute Gasteiger partial charge is 0.501 e. The predicted molar refractivity (Wildman–Crippen MR) is 73.7 cm³/mol. The molecule has 0 aliphatic heterocycles. The summed E-state index contributed by atoms with van der Waals surface area (Å²) in [5.41, 5.74) is -5.29. The molecule has 0 radical (unpaired) electrons. The third-order valence-electron chi connectivity index (χ3n) is 3.32. The average molecular weight is 325 g/mol. The molecule has 1 aliphatic carbocycles. The van der Waals surface area contributed by atoms with Crippen molar-refractivity contribution in [1.82, 2.24) is 0 Å². The van der Waals surface area contributed by atoms with E-state index in [1.807, 2.05) is 6.26 Å². The molecule has 0 aromatic heterocycles.